The fourth-order valence-electron chi connectivity index (χ4n) is 5.28. The maximum absolute atomic E-state index is 6.59. The maximum Gasteiger partial charge on any atom is 0.137 e. The Kier molecular flexibility index (Phi) is 10.0. The van der Waals surface area contributed by atoms with Crippen LogP contribution in [0.4, 0.5) is 5.69 Å². The third-order valence-electron chi connectivity index (χ3n) is 7.26. The molecule has 0 radical (unpaired) electrons. The summed E-state index contributed by atoms with van der Waals surface area (Å²) < 4.78 is 10.7. The van der Waals surface area contributed by atoms with Crippen molar-refractivity contribution >= 4 is 28.9 Å². The van der Waals surface area contributed by atoms with Gasteiger partial charge in [-0.25, -0.2) is 4.98 Å². The Bertz CT molecular complexity index is 947. The van der Waals surface area contributed by atoms with Crippen molar-refractivity contribution in [3.8, 4) is 11.1 Å². The van der Waals surface area contributed by atoms with Crippen LogP contribution in [-0.2, 0) is 15.9 Å². The molecule has 2 fully saturated rings. The Morgan fingerprint density at radius 1 is 1.00 bits per heavy atom. The van der Waals surface area contributed by atoms with E-state index in [-0.39, 0.29) is 0 Å². The summed E-state index contributed by atoms with van der Waals surface area (Å²) in [5, 5.41) is 8.27. The van der Waals surface area contributed by atoms with Gasteiger partial charge in [0.15, 0.2) is 0 Å². The number of nitrogens with zero attached hydrogens (tertiary/aromatic N) is 2. The zero-order chi connectivity index (χ0) is 24.6. The van der Waals surface area contributed by atoms with Crippen LogP contribution in [0.15, 0.2) is 24.5 Å². The van der Waals surface area contributed by atoms with Crippen molar-refractivity contribution in [1.82, 2.24) is 15.3 Å². The molecule has 1 atom stereocenters. The molecule has 3 heterocycles. The van der Waals surface area contributed by atoms with Crippen LogP contribution in [-0.4, -0.2) is 55.5 Å². The van der Waals surface area contributed by atoms with Gasteiger partial charge in [-0.15, -0.1) is 0 Å². The third-order valence-corrected chi connectivity index (χ3v) is 7.86. The van der Waals surface area contributed by atoms with Crippen LogP contribution >= 0.6 is 23.2 Å². The van der Waals surface area contributed by atoms with Gasteiger partial charge >= 0.3 is 0 Å². The van der Waals surface area contributed by atoms with Crippen molar-refractivity contribution in [1.29, 1.82) is 0 Å². The summed E-state index contributed by atoms with van der Waals surface area (Å²) in [6.07, 6.45) is 11.5. The molecule has 0 amide bonds. The minimum absolute atomic E-state index is 0.391. The Balaban J connectivity index is 1.38. The Hall–Kier alpha value is -1.44. The summed E-state index contributed by atoms with van der Waals surface area (Å²) in [6.45, 7) is 5.53. The second-order valence-corrected chi connectivity index (χ2v) is 10.9. The molecule has 2 aromatic heterocycles. The highest BCUT2D eigenvalue weighted by Gasteiger charge is 2.23. The number of anilines is 1. The molecule has 4 rings (SSSR count). The molecule has 2 aromatic rings. The zero-order valence-electron chi connectivity index (χ0n) is 20.9. The molecule has 1 aliphatic heterocycles. The van der Waals surface area contributed by atoms with Crippen molar-refractivity contribution < 1.29 is 9.47 Å². The molecule has 0 aromatic carbocycles. The fourth-order valence-corrected chi connectivity index (χ4v) is 5.69. The average Bonchev–Trinajstić information content (AvgIpc) is 2.87. The smallest absolute Gasteiger partial charge is 0.137 e. The highest BCUT2D eigenvalue weighted by atomic mass is 35.5. The van der Waals surface area contributed by atoms with Crippen LogP contribution in [0.1, 0.15) is 51.1 Å². The first-order valence-corrected chi connectivity index (χ1v) is 13.6. The number of aromatic nitrogens is 2. The quantitative estimate of drug-likeness (QED) is 0.373. The predicted molar refractivity (Wildman–Crippen MR) is 143 cm³/mol. The summed E-state index contributed by atoms with van der Waals surface area (Å²) >= 11 is 13.1. The summed E-state index contributed by atoms with van der Waals surface area (Å²) in [6, 6.07) is 5.12. The molecule has 8 heteroatoms. The van der Waals surface area contributed by atoms with E-state index in [0.717, 1.165) is 68.1 Å². The van der Waals surface area contributed by atoms with Crippen molar-refractivity contribution in [3.05, 3.63) is 40.4 Å². The van der Waals surface area contributed by atoms with Gasteiger partial charge in [-0.1, -0.05) is 23.2 Å². The number of rotatable bonds is 10. The highest BCUT2D eigenvalue weighted by Crippen LogP contribution is 2.35. The monoisotopic (exact) mass is 520 g/mol. The first-order chi connectivity index (χ1) is 17.0. The van der Waals surface area contributed by atoms with E-state index in [1.165, 1.54) is 25.7 Å². The van der Waals surface area contributed by atoms with E-state index in [9.17, 15) is 0 Å². The molecule has 2 N–H and O–H groups in total. The van der Waals surface area contributed by atoms with Gasteiger partial charge < -0.3 is 20.1 Å². The number of halogens is 2. The van der Waals surface area contributed by atoms with Crippen LogP contribution in [0, 0.1) is 11.8 Å². The number of hydrogen-bond acceptors (Lipinski definition) is 6. The van der Waals surface area contributed by atoms with E-state index in [1.807, 2.05) is 0 Å². The number of ether oxygens (including phenoxy) is 2. The van der Waals surface area contributed by atoms with Gasteiger partial charge in [0, 0.05) is 62.0 Å². The third kappa shape index (κ3) is 7.77. The van der Waals surface area contributed by atoms with Crippen molar-refractivity contribution in [3.63, 3.8) is 0 Å². The summed E-state index contributed by atoms with van der Waals surface area (Å²) in [4.78, 5) is 9.08. The Labute approximate surface area is 219 Å². The number of hydrogen-bond donors (Lipinski definition) is 2. The number of nitrogens with one attached hydrogen (secondary N) is 2. The Morgan fingerprint density at radius 2 is 1.77 bits per heavy atom. The van der Waals surface area contributed by atoms with Crippen LogP contribution < -0.4 is 10.6 Å². The zero-order valence-corrected chi connectivity index (χ0v) is 22.4. The second-order valence-electron chi connectivity index (χ2n) is 10.1. The lowest BCUT2D eigenvalue weighted by molar-refractivity contribution is 0.0699. The first-order valence-electron chi connectivity index (χ1n) is 12.9. The summed E-state index contributed by atoms with van der Waals surface area (Å²) in [7, 11) is 1.76. The first kappa shape index (κ1) is 26.6. The molecule has 192 valence electrons. The highest BCUT2D eigenvalue weighted by molar-refractivity contribution is 6.35. The van der Waals surface area contributed by atoms with Gasteiger partial charge in [-0.2, -0.15) is 0 Å². The Morgan fingerprint density at radius 3 is 2.51 bits per heavy atom. The minimum Gasteiger partial charge on any atom is -0.384 e. The standard InChI is InChI=1S/C27H38Cl2N4O2/c1-18(17-34-2)33-21-5-3-19(4-6-21)11-22-12-24(26(28)16-31-22)25-13-23(15-32-27(25)29)30-14-20-7-9-35-10-8-20/h12-13,15-16,18-21,30,33H,3-11,14,17H2,1-2H3/t18-,19?,21?/m1/s1. The number of methoxy groups -OCH3 is 1. The lowest BCUT2D eigenvalue weighted by Gasteiger charge is -2.31. The van der Waals surface area contributed by atoms with Gasteiger partial charge in [-0.05, 0) is 75.8 Å². The number of pyridine rings is 2. The molecule has 1 saturated carbocycles. The van der Waals surface area contributed by atoms with E-state index in [2.05, 4.69) is 39.7 Å². The molecule has 0 bridgehead atoms. The summed E-state index contributed by atoms with van der Waals surface area (Å²) in [5.74, 6) is 1.25. The van der Waals surface area contributed by atoms with E-state index < -0.39 is 0 Å². The van der Waals surface area contributed by atoms with E-state index in [4.69, 9.17) is 32.7 Å². The largest absolute Gasteiger partial charge is 0.384 e. The van der Waals surface area contributed by atoms with Gasteiger partial charge in [-0.3, -0.25) is 4.98 Å². The molecule has 6 nitrogen and oxygen atoms in total. The van der Waals surface area contributed by atoms with Gasteiger partial charge in [0.1, 0.15) is 5.15 Å². The molecule has 0 spiro atoms. The second kappa shape index (κ2) is 13.2. The van der Waals surface area contributed by atoms with Crippen LogP contribution in [0.2, 0.25) is 10.2 Å². The van der Waals surface area contributed by atoms with Crippen molar-refractivity contribution in [2.24, 2.45) is 11.8 Å². The van der Waals surface area contributed by atoms with Gasteiger partial charge in [0.2, 0.25) is 0 Å². The molecule has 35 heavy (non-hydrogen) atoms. The maximum atomic E-state index is 6.59. The van der Waals surface area contributed by atoms with Crippen molar-refractivity contribution in [2.75, 3.05) is 38.8 Å². The van der Waals surface area contributed by atoms with Crippen LogP contribution in [0.3, 0.4) is 0 Å². The van der Waals surface area contributed by atoms with E-state index in [0.29, 0.717) is 34.1 Å². The minimum atomic E-state index is 0.391. The molecule has 2 aliphatic rings. The SMILES string of the molecule is COC[C@@H](C)NC1CCC(Cc2cc(-c3cc(NCC4CCOCC4)cnc3Cl)c(Cl)cn2)CC1. The van der Waals surface area contributed by atoms with Crippen LogP contribution in [0.5, 0.6) is 0 Å². The van der Waals surface area contributed by atoms with Gasteiger partial charge in [0.25, 0.3) is 0 Å². The normalized spacial score (nSPS) is 22.2. The van der Waals surface area contributed by atoms with E-state index >= 15 is 0 Å². The van der Waals surface area contributed by atoms with Crippen LogP contribution in [0.25, 0.3) is 11.1 Å². The molecule has 0 unspecified atom stereocenters. The lowest BCUT2D eigenvalue weighted by Crippen LogP contribution is -2.41. The average molecular weight is 522 g/mol. The molecule has 1 saturated heterocycles. The van der Waals surface area contributed by atoms with Gasteiger partial charge in [0.05, 0.1) is 23.5 Å². The summed E-state index contributed by atoms with van der Waals surface area (Å²) in [5.41, 5.74) is 3.76. The van der Waals surface area contributed by atoms with Crippen molar-refractivity contribution in [2.45, 2.75) is 64.0 Å². The molecular formula is C27H38Cl2N4O2. The molecule has 1 aliphatic carbocycles. The predicted octanol–water partition coefficient (Wildman–Crippen LogP) is 6.01. The fraction of sp³-hybridized carbons (Fsp3) is 0.630. The molecular weight excluding hydrogens is 483 g/mol. The van der Waals surface area contributed by atoms with E-state index in [1.54, 1.807) is 19.5 Å². The topological polar surface area (TPSA) is 68.3 Å². The lowest BCUT2D eigenvalue weighted by atomic mass is 9.83.